The van der Waals surface area contributed by atoms with Gasteiger partial charge in [0.1, 0.15) is 0 Å². The van der Waals surface area contributed by atoms with Crippen LogP contribution in [0.4, 0.5) is 10.5 Å². The molecule has 0 bridgehead atoms. The number of anilines is 1. The van der Waals surface area contributed by atoms with E-state index < -0.39 is 0 Å². The molecule has 3 N–H and O–H groups in total. The van der Waals surface area contributed by atoms with Gasteiger partial charge in [-0.3, -0.25) is 0 Å². The number of hydrogen-bond acceptors (Lipinski definition) is 3. The summed E-state index contributed by atoms with van der Waals surface area (Å²) in [5.41, 5.74) is 7.43. The molecule has 0 radical (unpaired) electrons. The minimum absolute atomic E-state index is 0.0416. The van der Waals surface area contributed by atoms with E-state index in [1.807, 2.05) is 36.2 Å². The van der Waals surface area contributed by atoms with Gasteiger partial charge >= 0.3 is 6.03 Å². The molecule has 1 heterocycles. The maximum absolute atomic E-state index is 12.2. The largest absolute Gasteiger partial charge is 0.326 e. The molecular weight excluding hydrogens is 252 g/mol. The van der Waals surface area contributed by atoms with E-state index in [2.05, 4.69) is 17.3 Å². The standard InChI is InChI=1S/C15H24N4O/c1-18-9-7-14(8-10-18)19(2)15(20)17-13-5-3-12(11-16)4-6-13/h3-6,14H,7-11,16H2,1-2H3,(H,17,20). The summed E-state index contributed by atoms with van der Waals surface area (Å²) < 4.78 is 0. The van der Waals surface area contributed by atoms with E-state index in [0.29, 0.717) is 12.6 Å². The first kappa shape index (κ1) is 14.8. The highest BCUT2D eigenvalue weighted by Crippen LogP contribution is 2.16. The third-order valence-corrected chi connectivity index (χ3v) is 4.00. The Morgan fingerprint density at radius 1 is 1.35 bits per heavy atom. The van der Waals surface area contributed by atoms with Crippen LogP contribution in [-0.2, 0) is 6.54 Å². The summed E-state index contributed by atoms with van der Waals surface area (Å²) in [6, 6.07) is 7.94. The first-order chi connectivity index (χ1) is 9.60. The molecule has 0 spiro atoms. The molecule has 0 unspecified atom stereocenters. The monoisotopic (exact) mass is 276 g/mol. The van der Waals surface area contributed by atoms with Crippen LogP contribution in [-0.4, -0.2) is 49.1 Å². The Bertz CT molecular complexity index is 438. The summed E-state index contributed by atoms with van der Waals surface area (Å²) in [7, 11) is 3.99. The number of nitrogens with one attached hydrogen (secondary N) is 1. The lowest BCUT2D eigenvalue weighted by atomic mass is 10.0. The van der Waals surface area contributed by atoms with E-state index in [9.17, 15) is 4.79 Å². The Labute approximate surface area is 120 Å². The van der Waals surface area contributed by atoms with Gasteiger partial charge in [-0.05, 0) is 50.7 Å². The predicted octanol–water partition coefficient (Wildman–Crippen LogP) is 1.70. The smallest absolute Gasteiger partial charge is 0.321 e. The van der Waals surface area contributed by atoms with Crippen LogP contribution in [0.5, 0.6) is 0 Å². The zero-order valence-corrected chi connectivity index (χ0v) is 12.3. The van der Waals surface area contributed by atoms with Crippen LogP contribution in [0.1, 0.15) is 18.4 Å². The second-order valence-corrected chi connectivity index (χ2v) is 5.48. The number of likely N-dealkylation sites (tertiary alicyclic amines) is 1. The lowest BCUT2D eigenvalue weighted by Crippen LogP contribution is -2.46. The quantitative estimate of drug-likeness (QED) is 0.883. The highest BCUT2D eigenvalue weighted by molar-refractivity contribution is 5.89. The van der Waals surface area contributed by atoms with Crippen molar-refractivity contribution in [2.24, 2.45) is 5.73 Å². The lowest BCUT2D eigenvalue weighted by Gasteiger charge is -2.35. The zero-order chi connectivity index (χ0) is 14.5. The summed E-state index contributed by atoms with van der Waals surface area (Å²) >= 11 is 0. The van der Waals surface area contributed by atoms with Gasteiger partial charge in [-0.2, -0.15) is 0 Å². The fourth-order valence-corrected chi connectivity index (χ4v) is 2.48. The van der Waals surface area contributed by atoms with Gasteiger partial charge in [0.2, 0.25) is 0 Å². The topological polar surface area (TPSA) is 61.6 Å². The molecule has 110 valence electrons. The Morgan fingerprint density at radius 2 is 1.95 bits per heavy atom. The van der Waals surface area contributed by atoms with Crippen molar-refractivity contribution in [1.29, 1.82) is 0 Å². The van der Waals surface area contributed by atoms with E-state index >= 15 is 0 Å². The molecule has 20 heavy (non-hydrogen) atoms. The van der Waals surface area contributed by atoms with Crippen molar-refractivity contribution in [2.45, 2.75) is 25.4 Å². The number of carbonyl (C=O) groups is 1. The molecule has 0 aliphatic carbocycles. The minimum atomic E-state index is -0.0416. The van der Waals surface area contributed by atoms with Crippen LogP contribution in [0.2, 0.25) is 0 Å². The van der Waals surface area contributed by atoms with Crippen molar-refractivity contribution in [3.63, 3.8) is 0 Å². The van der Waals surface area contributed by atoms with Gasteiger partial charge < -0.3 is 20.9 Å². The Morgan fingerprint density at radius 3 is 2.50 bits per heavy atom. The van der Waals surface area contributed by atoms with Crippen molar-refractivity contribution in [1.82, 2.24) is 9.80 Å². The number of hydrogen-bond donors (Lipinski definition) is 2. The fourth-order valence-electron chi connectivity index (χ4n) is 2.48. The summed E-state index contributed by atoms with van der Waals surface area (Å²) in [5.74, 6) is 0. The fraction of sp³-hybridized carbons (Fsp3) is 0.533. The number of urea groups is 1. The molecule has 1 aliphatic rings. The molecular formula is C15H24N4O. The maximum Gasteiger partial charge on any atom is 0.321 e. The van der Waals surface area contributed by atoms with E-state index in [1.54, 1.807) is 0 Å². The molecule has 0 aromatic heterocycles. The third-order valence-electron chi connectivity index (χ3n) is 4.00. The second-order valence-electron chi connectivity index (χ2n) is 5.48. The third kappa shape index (κ3) is 3.71. The summed E-state index contributed by atoms with van der Waals surface area (Å²) in [5, 5.41) is 2.93. The SMILES string of the molecule is CN1CCC(N(C)C(=O)Nc2ccc(CN)cc2)CC1. The van der Waals surface area contributed by atoms with Gasteiger partial charge in [0.15, 0.2) is 0 Å². The van der Waals surface area contributed by atoms with Crippen molar-refractivity contribution < 1.29 is 4.79 Å². The normalized spacial score (nSPS) is 16.9. The Hall–Kier alpha value is -1.59. The molecule has 5 heteroatoms. The molecule has 1 saturated heterocycles. The van der Waals surface area contributed by atoms with Crippen LogP contribution in [0, 0.1) is 0 Å². The number of amides is 2. The first-order valence-electron chi connectivity index (χ1n) is 7.11. The van der Waals surface area contributed by atoms with E-state index in [0.717, 1.165) is 37.2 Å². The Kier molecular flexibility index (Phi) is 4.98. The average molecular weight is 276 g/mol. The molecule has 1 aromatic carbocycles. The van der Waals surface area contributed by atoms with Gasteiger partial charge in [0.05, 0.1) is 0 Å². The molecule has 2 rings (SSSR count). The zero-order valence-electron chi connectivity index (χ0n) is 12.3. The van der Waals surface area contributed by atoms with Gasteiger partial charge in [0.25, 0.3) is 0 Å². The minimum Gasteiger partial charge on any atom is -0.326 e. The number of piperidine rings is 1. The van der Waals surface area contributed by atoms with Gasteiger partial charge in [-0.15, -0.1) is 0 Å². The molecule has 2 amide bonds. The highest BCUT2D eigenvalue weighted by atomic mass is 16.2. The number of nitrogens with zero attached hydrogens (tertiary/aromatic N) is 2. The summed E-state index contributed by atoms with van der Waals surface area (Å²) in [4.78, 5) is 16.3. The van der Waals surface area contributed by atoms with Crippen molar-refractivity contribution in [3.8, 4) is 0 Å². The van der Waals surface area contributed by atoms with Crippen LogP contribution in [0.25, 0.3) is 0 Å². The second kappa shape index (κ2) is 6.72. The summed E-state index contributed by atoms with van der Waals surface area (Å²) in [6.45, 7) is 2.62. The highest BCUT2D eigenvalue weighted by Gasteiger charge is 2.23. The van der Waals surface area contributed by atoms with E-state index in [-0.39, 0.29) is 6.03 Å². The van der Waals surface area contributed by atoms with Crippen LogP contribution in [0.3, 0.4) is 0 Å². The van der Waals surface area contributed by atoms with Crippen LogP contribution < -0.4 is 11.1 Å². The molecule has 0 saturated carbocycles. The van der Waals surface area contributed by atoms with E-state index in [1.165, 1.54) is 0 Å². The van der Waals surface area contributed by atoms with Crippen LogP contribution in [0.15, 0.2) is 24.3 Å². The van der Waals surface area contributed by atoms with Gasteiger partial charge in [0, 0.05) is 25.3 Å². The molecule has 1 aliphatic heterocycles. The number of nitrogens with two attached hydrogens (primary N) is 1. The molecule has 1 aromatic rings. The number of rotatable bonds is 3. The lowest BCUT2D eigenvalue weighted by molar-refractivity contribution is 0.156. The number of carbonyl (C=O) groups excluding carboxylic acids is 1. The molecule has 1 fully saturated rings. The van der Waals surface area contributed by atoms with Crippen molar-refractivity contribution in [2.75, 3.05) is 32.5 Å². The van der Waals surface area contributed by atoms with E-state index in [4.69, 9.17) is 5.73 Å². The summed E-state index contributed by atoms with van der Waals surface area (Å²) in [6.07, 6.45) is 2.07. The molecule has 0 atom stereocenters. The maximum atomic E-state index is 12.2. The van der Waals surface area contributed by atoms with Gasteiger partial charge in [-0.25, -0.2) is 4.79 Å². The number of benzene rings is 1. The predicted molar refractivity (Wildman–Crippen MR) is 81.6 cm³/mol. The van der Waals surface area contributed by atoms with Gasteiger partial charge in [-0.1, -0.05) is 12.1 Å². The van der Waals surface area contributed by atoms with Crippen molar-refractivity contribution >= 4 is 11.7 Å². The van der Waals surface area contributed by atoms with Crippen LogP contribution >= 0.6 is 0 Å². The first-order valence-corrected chi connectivity index (χ1v) is 7.11. The average Bonchev–Trinajstić information content (AvgIpc) is 2.48. The van der Waals surface area contributed by atoms with Crippen molar-refractivity contribution in [3.05, 3.63) is 29.8 Å². The Balaban J connectivity index is 1.89. The molecule has 5 nitrogen and oxygen atoms in total.